The van der Waals surface area contributed by atoms with Crippen molar-refractivity contribution in [1.82, 2.24) is 57.9 Å². The fraction of sp³-hybridized carbons (Fsp3) is 0.386. The van der Waals surface area contributed by atoms with Crippen LogP contribution < -0.4 is 73.3 Å². The highest BCUT2D eigenvalue weighted by Crippen LogP contribution is 2.50. The molecule has 0 spiro atoms. The number of ether oxygens (including phenoxy) is 6. The minimum Gasteiger partial charge on any atom is -0.508 e. The van der Waals surface area contributed by atoms with Gasteiger partial charge in [0.25, 0.3) is 17.7 Å². The molecule has 18 atom stereocenters. The van der Waals surface area contributed by atoms with Crippen molar-refractivity contribution >= 4 is 111 Å². The molecule has 16 unspecified atom stereocenters. The summed E-state index contributed by atoms with van der Waals surface area (Å²) in [7, 11) is 4.22. The summed E-state index contributed by atoms with van der Waals surface area (Å²) in [4.78, 5) is 157. The molecule has 39 nitrogen and oxygen atoms in total. The smallest absolute Gasteiger partial charge is 0.270 e. The molecule has 10 amide bonds. The normalized spacial score (nSPS) is 25.8. The summed E-state index contributed by atoms with van der Waals surface area (Å²) in [5.74, 6) is -17.2. The summed E-state index contributed by atoms with van der Waals surface area (Å²) < 4.78 is 39.5. The number of hydroxylamine groups is 1. The molecule has 7 aromatic rings. The molecule has 43 heteroatoms. The number of nitrogens with two attached hydrogens (primary N) is 1. The number of phenolic OH excluding ortho intramolecular Hbond substituents is 3. The maximum absolute atomic E-state index is 16.4. The first-order chi connectivity index (χ1) is 59.7. The summed E-state index contributed by atoms with van der Waals surface area (Å²) in [5.41, 5.74) is 4.37. The van der Waals surface area contributed by atoms with Gasteiger partial charge in [0.1, 0.15) is 95.5 Å². The Balaban J connectivity index is 1.03. The molecule has 8 heterocycles. The standard InChI is InChI=1S/C83H91Cl4N13O26/c1-33(2)14-49(89-5)75(113)97-65-67(107)37-9-12-53(47(86)17-37)122-55-19-39-20-56(71(55)126-82-72(70(110)69(109)57(31-101)124-82)125-60-27-83(4,73(111)34(3)121-60)91-29-35-15-40(30-90-28-35)74(112)92-43-22-41(84)21-42(85)23-43)123-54-13-10-38(18-48(54)87)68(108)66-80(118)96-64(81(119)99-120-32-59(106)100(6)7)46-24-44(102)25-52(104)61(46)45-16-36(8-11-51(45)103)62(77(115)98-66)95-78(116)63(39)94-76(114)50(26-58(88)105)93-79(65)117/h8-13,15-25,28,30,33-34,49-50,57,60,62-70,72-73,82,89,91,101-104,107-111H,14,26-27,29,31-32H2,1-7H3,(H2,88,105)(H,92,112)(H,93,117)(H,94,114)(H,95,116)(H,96,118)(H,97,113)(H,98,115)(H,99,119)/t34?,49?,50?,57?,60?,62?,63?,64-,65?,66?,67?,68?,69?,70?,72?,73?,82?,83+/m1/s1. The summed E-state index contributed by atoms with van der Waals surface area (Å²) in [6.07, 6.45) is -16.8. The van der Waals surface area contributed by atoms with Gasteiger partial charge in [0.2, 0.25) is 53.4 Å². The molecule has 21 N–H and O–H groups in total. The molecule has 14 rings (SSSR count). The quantitative estimate of drug-likeness (QED) is 0.0460. The van der Waals surface area contributed by atoms with Crippen molar-refractivity contribution in [2.75, 3.05) is 39.7 Å². The van der Waals surface area contributed by atoms with Crippen LogP contribution in [0.1, 0.15) is 121 Å². The highest BCUT2D eigenvalue weighted by molar-refractivity contribution is 6.35. The highest BCUT2D eigenvalue weighted by atomic mass is 35.5. The number of pyridine rings is 1. The van der Waals surface area contributed by atoms with Crippen molar-refractivity contribution in [2.45, 2.75) is 163 Å². The van der Waals surface area contributed by atoms with E-state index >= 15 is 24.0 Å². The average Bonchev–Trinajstić information content (AvgIpc) is 0.766. The monoisotopic (exact) mass is 1830 g/mol. The third-order valence-corrected chi connectivity index (χ3v) is 22.5. The van der Waals surface area contributed by atoms with E-state index in [0.29, 0.717) is 11.3 Å². The van der Waals surface area contributed by atoms with Gasteiger partial charge in [-0.2, -0.15) is 0 Å². The number of halogens is 4. The molecule has 7 aliphatic heterocycles. The van der Waals surface area contributed by atoms with E-state index in [1.165, 1.54) is 76.9 Å². The van der Waals surface area contributed by atoms with E-state index in [9.17, 15) is 69.9 Å². The molecule has 1 aromatic heterocycles. The average molecular weight is 1830 g/mol. The zero-order valence-electron chi connectivity index (χ0n) is 68.1. The molecule has 0 saturated carbocycles. The number of aliphatic hydroxyl groups excluding tert-OH is 6. The Morgan fingerprint density at radius 2 is 1.33 bits per heavy atom. The molecule has 672 valence electrons. The van der Waals surface area contributed by atoms with E-state index in [-0.39, 0.29) is 63.4 Å². The predicted molar refractivity (Wildman–Crippen MR) is 446 cm³/mol. The van der Waals surface area contributed by atoms with Gasteiger partial charge >= 0.3 is 0 Å². The number of rotatable bonds is 21. The topological polar surface area (TPSA) is 580 Å². The van der Waals surface area contributed by atoms with E-state index in [1.807, 2.05) is 19.3 Å². The number of aliphatic hydroxyl groups is 6. The fourth-order valence-electron chi connectivity index (χ4n) is 14.8. The van der Waals surface area contributed by atoms with Crippen molar-refractivity contribution < 1.29 is 127 Å². The second-order valence-corrected chi connectivity index (χ2v) is 33.1. The molecule has 0 aliphatic carbocycles. The first-order valence-electron chi connectivity index (χ1n) is 39.2. The first kappa shape index (κ1) is 93.8. The highest BCUT2D eigenvalue weighted by Gasteiger charge is 2.52. The van der Waals surface area contributed by atoms with Gasteiger partial charge in [-0.3, -0.25) is 57.8 Å². The lowest BCUT2D eigenvalue weighted by Crippen LogP contribution is -2.65. The van der Waals surface area contributed by atoms with Crippen molar-refractivity contribution in [3.8, 4) is 57.1 Å². The number of anilines is 1. The predicted octanol–water partition coefficient (Wildman–Crippen LogP) is 2.94. The molecule has 126 heavy (non-hydrogen) atoms. The summed E-state index contributed by atoms with van der Waals surface area (Å²) in [5, 5.41) is 130. The maximum Gasteiger partial charge on any atom is 0.270 e. The van der Waals surface area contributed by atoms with Crippen LogP contribution in [0.15, 0.2) is 116 Å². The van der Waals surface area contributed by atoms with Crippen LogP contribution in [0.25, 0.3) is 11.1 Å². The van der Waals surface area contributed by atoms with Crippen LogP contribution in [0.4, 0.5) is 5.69 Å². The van der Waals surface area contributed by atoms with Gasteiger partial charge in [0.05, 0.1) is 46.9 Å². The molecule has 6 aromatic carbocycles. The molecule has 2 saturated heterocycles. The van der Waals surface area contributed by atoms with Crippen LogP contribution in [0.2, 0.25) is 20.1 Å². The number of primary amides is 1. The third kappa shape index (κ3) is 21.3. The van der Waals surface area contributed by atoms with Gasteiger partial charge in [-0.15, -0.1) is 0 Å². The van der Waals surface area contributed by atoms with E-state index in [4.69, 9.17) is 85.4 Å². The van der Waals surface area contributed by atoms with Crippen LogP contribution in [0.3, 0.4) is 0 Å². The van der Waals surface area contributed by atoms with Gasteiger partial charge in [0, 0.05) is 77.9 Å². The first-order valence-corrected chi connectivity index (χ1v) is 40.7. The second kappa shape index (κ2) is 39.7. The number of likely N-dealkylation sites (N-methyl/N-ethyl adjacent to an activating group) is 2. The maximum atomic E-state index is 16.4. The summed E-state index contributed by atoms with van der Waals surface area (Å²) in [6, 6.07) is 5.08. The number of amides is 10. The Morgan fingerprint density at radius 1 is 0.698 bits per heavy atom. The minimum absolute atomic E-state index is 0.0560. The van der Waals surface area contributed by atoms with Gasteiger partial charge in [0.15, 0.2) is 30.5 Å². The Bertz CT molecular complexity index is 5350. The largest absolute Gasteiger partial charge is 0.508 e. The van der Waals surface area contributed by atoms with Crippen molar-refractivity contribution in [3.63, 3.8) is 0 Å². The lowest BCUT2D eigenvalue weighted by Gasteiger charge is -2.48. The van der Waals surface area contributed by atoms with Crippen LogP contribution in [-0.4, -0.2) is 228 Å². The number of aromatic nitrogens is 1. The zero-order chi connectivity index (χ0) is 91.4. The number of fused-ring (bicyclic) bond motifs is 15. The lowest BCUT2D eigenvalue weighted by molar-refractivity contribution is -0.334. The van der Waals surface area contributed by atoms with Gasteiger partial charge in [-0.05, 0) is 145 Å². The number of benzene rings is 6. The van der Waals surface area contributed by atoms with Crippen LogP contribution in [0.5, 0.6) is 46.0 Å². The number of nitrogens with one attached hydrogen (secondary N) is 10. The number of hydrogen-bond acceptors (Lipinski definition) is 29. The molecule has 2 fully saturated rings. The number of aromatic hydroxyl groups is 3. The number of phenols is 3. The summed E-state index contributed by atoms with van der Waals surface area (Å²) in [6.45, 7) is 4.87. The Kier molecular flexibility index (Phi) is 29.5. The zero-order valence-corrected chi connectivity index (χ0v) is 71.1. The Labute approximate surface area is 738 Å². The van der Waals surface area contributed by atoms with Crippen molar-refractivity contribution in [2.24, 2.45) is 11.7 Å². The molecule has 0 radical (unpaired) electrons. The SMILES string of the molecule is CNC(CC(C)C)C(=O)NC1C(=O)NC(CC(N)=O)C(=O)NC2C(=O)NC3C(=O)NC(C(=O)N[C@@H](C(=O)NOCC(=O)N(C)C)c4cc(O)cc(O)c4-c4cc3ccc4O)C(O)c3ccc(c(Cl)c3)Oc3cc2cc(c3OC2OC(CO)C(O)C(O)C2OC2C[C@](C)(NCc3cncc(C(=O)Nc4cc(Cl)cc(Cl)c4)c3)C(O)C(C)O2)Oc2ccc(cc2Cl)C1O. The molecule has 7 aliphatic rings. The molecule has 11 bridgehead atoms. The Hall–Kier alpha value is -11.4. The number of hydrogen-bond donors (Lipinski definition) is 20. The third-order valence-electron chi connectivity index (χ3n) is 21.5. The van der Waals surface area contributed by atoms with Crippen molar-refractivity contribution in [1.29, 1.82) is 0 Å². The summed E-state index contributed by atoms with van der Waals surface area (Å²) >= 11 is 26.8. The van der Waals surface area contributed by atoms with E-state index in [0.717, 1.165) is 71.6 Å². The molecular weight excluding hydrogens is 1740 g/mol. The van der Waals surface area contributed by atoms with Crippen molar-refractivity contribution in [3.05, 3.63) is 175 Å². The number of nitrogens with zero attached hydrogens (tertiary/aromatic N) is 2. The second-order valence-electron chi connectivity index (χ2n) is 31.4. The number of carbonyl (C=O) groups excluding carboxylic acids is 10. The minimum atomic E-state index is -2.41. The fourth-order valence-corrected chi connectivity index (χ4v) is 15.8. The van der Waals surface area contributed by atoms with Crippen LogP contribution in [0, 0.1) is 5.92 Å². The van der Waals surface area contributed by atoms with E-state index < -0.39 is 260 Å². The Morgan fingerprint density at radius 3 is 1.96 bits per heavy atom. The van der Waals surface area contributed by atoms with Gasteiger partial charge in [-0.1, -0.05) is 78.5 Å². The van der Waals surface area contributed by atoms with Crippen LogP contribution in [-0.2, 0) is 68.7 Å². The molecular formula is C83H91Cl4N13O26. The van der Waals surface area contributed by atoms with Crippen LogP contribution >= 0.6 is 46.4 Å². The van der Waals surface area contributed by atoms with E-state index in [1.54, 1.807) is 6.92 Å². The lowest BCUT2D eigenvalue weighted by atomic mass is 9.84. The van der Waals surface area contributed by atoms with E-state index in [2.05, 4.69) is 52.8 Å². The van der Waals surface area contributed by atoms with Gasteiger partial charge in [-0.25, -0.2) is 5.48 Å². The van der Waals surface area contributed by atoms with Gasteiger partial charge < -0.3 is 133 Å². The number of carbonyl (C=O) groups is 10.